The summed E-state index contributed by atoms with van der Waals surface area (Å²) in [5, 5.41) is 21.6. The minimum absolute atomic E-state index is 0.469. The number of piperidine rings is 1. The van der Waals surface area contributed by atoms with Crippen molar-refractivity contribution in [2.45, 2.75) is 19.3 Å². The summed E-state index contributed by atoms with van der Waals surface area (Å²) in [5.41, 5.74) is 2.15. The number of nitrogens with zero attached hydrogens (tertiary/aromatic N) is 3. The highest BCUT2D eigenvalue weighted by Gasteiger charge is 2.24. The number of benzene rings is 1. The number of aromatic nitrogens is 1. The molecule has 0 spiro atoms. The Morgan fingerprint density at radius 1 is 1.32 bits per heavy atom. The number of nitriles is 1. The van der Waals surface area contributed by atoms with Crippen molar-refractivity contribution in [3.8, 4) is 17.6 Å². The number of amides is 1. The fourth-order valence-corrected chi connectivity index (χ4v) is 3.76. The SMILES string of the molecule is COc1cc2ncc(C#N)c(N3CCC(CCNC(=O)O)CC3)c2cc1OC. The zero-order valence-corrected chi connectivity index (χ0v) is 16.1. The van der Waals surface area contributed by atoms with E-state index < -0.39 is 6.09 Å². The van der Waals surface area contributed by atoms with Crippen LogP contribution in [0.1, 0.15) is 24.8 Å². The largest absolute Gasteiger partial charge is 0.493 e. The van der Waals surface area contributed by atoms with E-state index in [0.717, 1.165) is 48.9 Å². The first-order chi connectivity index (χ1) is 13.6. The Balaban J connectivity index is 1.86. The van der Waals surface area contributed by atoms with Crippen LogP contribution < -0.4 is 19.7 Å². The lowest BCUT2D eigenvalue weighted by Crippen LogP contribution is -2.35. The first kappa shape index (κ1) is 19.5. The zero-order chi connectivity index (χ0) is 20.1. The second-order valence-corrected chi connectivity index (χ2v) is 6.81. The molecule has 1 fully saturated rings. The number of ether oxygens (including phenoxy) is 2. The van der Waals surface area contributed by atoms with Gasteiger partial charge in [-0.3, -0.25) is 4.98 Å². The lowest BCUT2D eigenvalue weighted by atomic mass is 9.92. The molecule has 28 heavy (non-hydrogen) atoms. The number of rotatable bonds is 6. The molecule has 1 saturated heterocycles. The van der Waals surface area contributed by atoms with E-state index in [1.165, 1.54) is 0 Å². The summed E-state index contributed by atoms with van der Waals surface area (Å²) in [5.74, 6) is 1.67. The van der Waals surface area contributed by atoms with Crippen molar-refractivity contribution in [3.05, 3.63) is 23.9 Å². The van der Waals surface area contributed by atoms with Gasteiger partial charge in [0.25, 0.3) is 0 Å². The number of carboxylic acid groups (broad SMARTS) is 1. The maximum Gasteiger partial charge on any atom is 0.404 e. The van der Waals surface area contributed by atoms with E-state index in [9.17, 15) is 10.1 Å². The smallest absolute Gasteiger partial charge is 0.404 e. The van der Waals surface area contributed by atoms with Crippen molar-refractivity contribution >= 4 is 22.7 Å². The Bertz CT molecular complexity index is 901. The van der Waals surface area contributed by atoms with Gasteiger partial charge in [-0.1, -0.05) is 0 Å². The van der Waals surface area contributed by atoms with Crippen molar-refractivity contribution in [3.63, 3.8) is 0 Å². The molecule has 1 aliphatic heterocycles. The number of hydrogen-bond donors (Lipinski definition) is 2. The molecule has 3 rings (SSSR count). The minimum Gasteiger partial charge on any atom is -0.493 e. The first-order valence-electron chi connectivity index (χ1n) is 9.24. The van der Waals surface area contributed by atoms with Gasteiger partial charge in [-0.05, 0) is 31.2 Å². The number of methoxy groups -OCH3 is 2. The van der Waals surface area contributed by atoms with Gasteiger partial charge in [0, 0.05) is 37.3 Å². The summed E-state index contributed by atoms with van der Waals surface area (Å²) in [6, 6.07) is 5.96. The molecule has 0 atom stereocenters. The van der Waals surface area contributed by atoms with Gasteiger partial charge >= 0.3 is 6.09 Å². The first-order valence-corrected chi connectivity index (χ1v) is 9.24. The second kappa shape index (κ2) is 8.65. The van der Waals surface area contributed by atoms with Crippen molar-refractivity contribution in [1.82, 2.24) is 10.3 Å². The topological polar surface area (TPSA) is 108 Å². The van der Waals surface area contributed by atoms with Crippen LogP contribution in [0.2, 0.25) is 0 Å². The van der Waals surface area contributed by atoms with Crippen LogP contribution in [0.4, 0.5) is 10.5 Å². The number of carbonyl (C=O) groups is 1. The molecule has 0 bridgehead atoms. The van der Waals surface area contributed by atoms with E-state index in [-0.39, 0.29) is 0 Å². The van der Waals surface area contributed by atoms with E-state index in [4.69, 9.17) is 14.6 Å². The van der Waals surface area contributed by atoms with Crippen molar-refractivity contribution in [1.29, 1.82) is 5.26 Å². The number of anilines is 1. The fourth-order valence-electron chi connectivity index (χ4n) is 3.76. The molecule has 0 radical (unpaired) electrons. The third-order valence-corrected chi connectivity index (χ3v) is 5.22. The number of nitrogens with one attached hydrogen (secondary N) is 1. The predicted octanol–water partition coefficient (Wildman–Crippen LogP) is 3.00. The maximum absolute atomic E-state index is 10.6. The molecule has 0 aliphatic carbocycles. The third-order valence-electron chi connectivity index (χ3n) is 5.22. The molecule has 148 valence electrons. The molecule has 8 heteroatoms. The normalized spacial score (nSPS) is 14.5. The lowest BCUT2D eigenvalue weighted by molar-refractivity contribution is 0.193. The molecule has 0 unspecified atom stereocenters. The van der Waals surface area contributed by atoms with Gasteiger partial charge in [0.05, 0.1) is 31.0 Å². The van der Waals surface area contributed by atoms with Crippen molar-refractivity contribution in [2.75, 3.05) is 38.8 Å². The lowest BCUT2D eigenvalue weighted by Gasteiger charge is -2.34. The Kier molecular flexibility index (Phi) is 6.04. The molecule has 0 saturated carbocycles. The van der Waals surface area contributed by atoms with Crippen LogP contribution in [-0.2, 0) is 0 Å². The van der Waals surface area contributed by atoms with Crippen molar-refractivity contribution in [2.24, 2.45) is 5.92 Å². The molecule has 2 heterocycles. The molecular weight excluding hydrogens is 360 g/mol. The molecule has 1 aliphatic rings. The monoisotopic (exact) mass is 384 g/mol. The van der Waals surface area contributed by atoms with E-state index in [0.29, 0.717) is 29.5 Å². The van der Waals surface area contributed by atoms with Crippen molar-refractivity contribution < 1.29 is 19.4 Å². The second-order valence-electron chi connectivity index (χ2n) is 6.81. The van der Waals surface area contributed by atoms with Crippen LogP contribution in [0.25, 0.3) is 10.9 Å². The summed E-state index contributed by atoms with van der Waals surface area (Å²) >= 11 is 0. The van der Waals surface area contributed by atoms with Crippen LogP contribution >= 0.6 is 0 Å². The van der Waals surface area contributed by atoms with Gasteiger partial charge in [-0.25, -0.2) is 4.79 Å². The average molecular weight is 384 g/mol. The molecule has 1 aromatic heterocycles. The van der Waals surface area contributed by atoms with Gasteiger partial charge < -0.3 is 24.8 Å². The number of hydrogen-bond acceptors (Lipinski definition) is 6. The van der Waals surface area contributed by atoms with Gasteiger partial charge in [-0.2, -0.15) is 5.26 Å². The predicted molar refractivity (Wildman–Crippen MR) is 105 cm³/mol. The standard InChI is InChI=1S/C20H24N4O4/c1-27-17-9-15-16(10-18(17)28-2)23-12-14(11-21)19(15)24-7-4-13(5-8-24)3-6-22-20(25)26/h9-10,12-13,22H,3-8H2,1-2H3,(H,25,26). The van der Waals surface area contributed by atoms with E-state index in [1.807, 2.05) is 12.1 Å². The molecule has 1 amide bonds. The Labute approximate surface area is 163 Å². The van der Waals surface area contributed by atoms with E-state index >= 15 is 0 Å². The quantitative estimate of drug-likeness (QED) is 0.788. The molecule has 8 nitrogen and oxygen atoms in total. The minimum atomic E-state index is -0.983. The van der Waals surface area contributed by atoms with Gasteiger partial charge in [0.1, 0.15) is 6.07 Å². The van der Waals surface area contributed by atoms with Crippen LogP contribution in [0.3, 0.4) is 0 Å². The molecule has 2 aromatic rings. The Hall–Kier alpha value is -3.21. The third kappa shape index (κ3) is 4.03. The number of fused-ring (bicyclic) bond motifs is 1. The highest BCUT2D eigenvalue weighted by molar-refractivity contribution is 5.96. The van der Waals surface area contributed by atoms with Crippen LogP contribution in [0.15, 0.2) is 18.3 Å². The van der Waals surface area contributed by atoms with Gasteiger partial charge in [-0.15, -0.1) is 0 Å². The van der Waals surface area contributed by atoms with Gasteiger partial charge in [0.15, 0.2) is 11.5 Å². The zero-order valence-electron chi connectivity index (χ0n) is 16.1. The summed E-state index contributed by atoms with van der Waals surface area (Å²) in [7, 11) is 3.17. The summed E-state index contributed by atoms with van der Waals surface area (Å²) in [4.78, 5) is 17.2. The Morgan fingerprint density at radius 3 is 2.61 bits per heavy atom. The molecule has 2 N–H and O–H groups in total. The summed E-state index contributed by atoms with van der Waals surface area (Å²) < 4.78 is 10.8. The maximum atomic E-state index is 10.6. The van der Waals surface area contributed by atoms with Crippen LogP contribution in [0.5, 0.6) is 11.5 Å². The molecular formula is C20H24N4O4. The Morgan fingerprint density at radius 2 is 2.00 bits per heavy atom. The molecule has 1 aromatic carbocycles. The highest BCUT2D eigenvalue weighted by Crippen LogP contribution is 2.38. The van der Waals surface area contributed by atoms with Crippen LogP contribution in [-0.4, -0.2) is 50.0 Å². The van der Waals surface area contributed by atoms with E-state index in [1.54, 1.807) is 20.4 Å². The van der Waals surface area contributed by atoms with Crippen LogP contribution in [0, 0.1) is 17.2 Å². The highest BCUT2D eigenvalue weighted by atomic mass is 16.5. The number of pyridine rings is 1. The van der Waals surface area contributed by atoms with Gasteiger partial charge in [0.2, 0.25) is 0 Å². The average Bonchev–Trinajstić information content (AvgIpc) is 2.72. The summed E-state index contributed by atoms with van der Waals surface area (Å²) in [6.07, 6.45) is 3.34. The summed E-state index contributed by atoms with van der Waals surface area (Å²) in [6.45, 7) is 2.08. The van der Waals surface area contributed by atoms with E-state index in [2.05, 4.69) is 21.3 Å². The fraction of sp³-hybridized carbons (Fsp3) is 0.450.